The molecule has 122 valence electrons. The lowest BCUT2D eigenvalue weighted by Gasteiger charge is -2.22. The summed E-state index contributed by atoms with van der Waals surface area (Å²) in [4.78, 5) is 12.2. The van der Waals surface area contributed by atoms with E-state index in [0.29, 0.717) is 11.1 Å². The molecule has 1 unspecified atom stereocenters. The summed E-state index contributed by atoms with van der Waals surface area (Å²) >= 11 is 0. The van der Waals surface area contributed by atoms with Crippen LogP contribution in [0.3, 0.4) is 0 Å². The maximum absolute atomic E-state index is 13.3. The molecule has 25 heavy (non-hydrogen) atoms. The van der Waals surface area contributed by atoms with Gasteiger partial charge in [-0.05, 0) is 47.0 Å². The van der Waals surface area contributed by atoms with Crippen molar-refractivity contribution in [3.8, 4) is 11.1 Å². The molecule has 1 atom stereocenters. The Morgan fingerprint density at radius 1 is 0.760 bits per heavy atom. The van der Waals surface area contributed by atoms with Crippen LogP contribution in [0.15, 0.2) is 77.0 Å². The van der Waals surface area contributed by atoms with Crippen molar-refractivity contribution in [2.75, 3.05) is 0 Å². The summed E-state index contributed by atoms with van der Waals surface area (Å²) < 4.78 is 26.5. The molecule has 0 aliphatic carbocycles. The molecule has 1 aliphatic heterocycles. The summed E-state index contributed by atoms with van der Waals surface area (Å²) in [5, 5.41) is 7.87. The van der Waals surface area contributed by atoms with Crippen LogP contribution in [-0.4, -0.2) is 5.91 Å². The van der Waals surface area contributed by atoms with E-state index >= 15 is 0 Å². The first-order valence-electron chi connectivity index (χ1n) is 7.73. The largest absolute Gasteiger partial charge is 0.295 e. The number of carbonyl (C=O) groups excluding carboxylic acids is 1. The highest BCUT2D eigenvalue weighted by Gasteiger charge is 2.28. The summed E-state index contributed by atoms with van der Waals surface area (Å²) in [7, 11) is 0. The van der Waals surface area contributed by atoms with Gasteiger partial charge >= 0.3 is 0 Å². The Labute approximate surface area is 142 Å². The lowest BCUT2D eigenvalue weighted by molar-refractivity contribution is 0.0986. The molecule has 1 amide bonds. The van der Waals surface area contributed by atoms with Crippen LogP contribution in [0.1, 0.15) is 27.5 Å². The first-order chi connectivity index (χ1) is 12.1. The van der Waals surface area contributed by atoms with Crippen LogP contribution in [0.25, 0.3) is 11.1 Å². The van der Waals surface area contributed by atoms with Crippen LogP contribution < -0.4 is 0 Å². The van der Waals surface area contributed by atoms with E-state index in [9.17, 15) is 13.6 Å². The second kappa shape index (κ2) is 6.02. The monoisotopic (exact) mass is 334 g/mol. The third-order valence-corrected chi connectivity index (χ3v) is 4.21. The molecule has 3 nitrogen and oxygen atoms in total. The highest BCUT2D eigenvalue weighted by atomic mass is 19.1. The van der Waals surface area contributed by atoms with E-state index in [0.717, 1.165) is 16.7 Å². The van der Waals surface area contributed by atoms with Crippen LogP contribution in [0, 0.1) is 11.6 Å². The molecule has 1 heterocycles. The zero-order chi connectivity index (χ0) is 17.4. The van der Waals surface area contributed by atoms with Crippen LogP contribution in [0.4, 0.5) is 8.78 Å². The second-order valence-electron chi connectivity index (χ2n) is 5.75. The number of hydrogen-bond donors (Lipinski definition) is 0. The van der Waals surface area contributed by atoms with E-state index in [1.54, 1.807) is 36.4 Å². The third kappa shape index (κ3) is 2.74. The minimum atomic E-state index is -0.519. The van der Waals surface area contributed by atoms with Gasteiger partial charge in [-0.25, -0.2) is 8.78 Å². The first kappa shape index (κ1) is 15.3. The van der Waals surface area contributed by atoms with Crippen molar-refractivity contribution < 1.29 is 13.6 Å². The zero-order valence-corrected chi connectivity index (χ0v) is 13.0. The van der Waals surface area contributed by atoms with Crippen molar-refractivity contribution in [1.82, 2.24) is 0 Å². The number of azo groups is 1. The molecule has 0 saturated heterocycles. The van der Waals surface area contributed by atoms with Gasteiger partial charge in [0, 0.05) is 11.1 Å². The minimum Gasteiger partial charge on any atom is -0.265 e. The van der Waals surface area contributed by atoms with Crippen molar-refractivity contribution in [2.45, 2.75) is 6.04 Å². The Kier molecular flexibility index (Phi) is 3.69. The van der Waals surface area contributed by atoms with Gasteiger partial charge in [0.05, 0.1) is 0 Å². The second-order valence-corrected chi connectivity index (χ2v) is 5.75. The van der Waals surface area contributed by atoms with Crippen molar-refractivity contribution >= 4 is 5.91 Å². The number of rotatable bonds is 2. The molecule has 0 fully saturated rings. The van der Waals surface area contributed by atoms with Gasteiger partial charge in [-0.1, -0.05) is 36.4 Å². The lowest BCUT2D eigenvalue weighted by atomic mass is 9.87. The van der Waals surface area contributed by atoms with Gasteiger partial charge in [0.2, 0.25) is 0 Å². The summed E-state index contributed by atoms with van der Waals surface area (Å²) in [6.45, 7) is 0. The third-order valence-electron chi connectivity index (χ3n) is 4.21. The number of hydrogen-bond acceptors (Lipinski definition) is 2. The molecule has 3 aromatic rings. The number of fused-ring (bicyclic) bond motifs is 1. The number of nitrogens with zero attached hydrogens (tertiary/aromatic N) is 2. The van der Waals surface area contributed by atoms with E-state index in [-0.39, 0.29) is 11.6 Å². The molecular formula is C20H12F2N2O. The minimum absolute atomic E-state index is 0.334. The van der Waals surface area contributed by atoms with Gasteiger partial charge < -0.3 is 0 Å². The number of carbonyl (C=O) groups is 1. The molecule has 5 heteroatoms. The van der Waals surface area contributed by atoms with Gasteiger partial charge in [0.1, 0.15) is 17.7 Å². The average molecular weight is 334 g/mol. The van der Waals surface area contributed by atoms with Crippen molar-refractivity contribution in [3.63, 3.8) is 0 Å². The summed E-state index contributed by atoms with van der Waals surface area (Å²) in [6.07, 6.45) is 0. The molecule has 0 bridgehead atoms. The van der Waals surface area contributed by atoms with Gasteiger partial charge in [0.25, 0.3) is 5.91 Å². The molecule has 4 rings (SSSR count). The van der Waals surface area contributed by atoms with Gasteiger partial charge in [-0.15, -0.1) is 5.11 Å². The number of halogens is 2. The predicted octanol–water partition coefficient (Wildman–Crippen LogP) is 5.33. The van der Waals surface area contributed by atoms with Crippen molar-refractivity contribution in [2.24, 2.45) is 10.2 Å². The van der Waals surface area contributed by atoms with Crippen LogP contribution in [0.2, 0.25) is 0 Å². The van der Waals surface area contributed by atoms with Gasteiger partial charge in [-0.2, -0.15) is 5.11 Å². The Balaban J connectivity index is 1.92. The van der Waals surface area contributed by atoms with Gasteiger partial charge in [0.15, 0.2) is 0 Å². The zero-order valence-electron chi connectivity index (χ0n) is 13.0. The fourth-order valence-corrected chi connectivity index (χ4v) is 3.03. The van der Waals surface area contributed by atoms with Crippen LogP contribution in [-0.2, 0) is 0 Å². The molecule has 0 aromatic heterocycles. The Hall–Kier alpha value is -3.21. The summed E-state index contributed by atoms with van der Waals surface area (Å²) in [6, 6.07) is 16.8. The van der Waals surface area contributed by atoms with E-state index in [1.807, 2.05) is 6.07 Å². The van der Waals surface area contributed by atoms with E-state index in [4.69, 9.17) is 0 Å². The predicted molar refractivity (Wildman–Crippen MR) is 89.3 cm³/mol. The SMILES string of the molecule is O=C1N=NC(c2ccc(F)cc2)c2c1cccc2-c1ccc(F)cc1. The Morgan fingerprint density at radius 2 is 1.36 bits per heavy atom. The van der Waals surface area contributed by atoms with Crippen molar-refractivity contribution in [3.05, 3.63) is 95.1 Å². The van der Waals surface area contributed by atoms with Crippen LogP contribution in [0.5, 0.6) is 0 Å². The highest BCUT2D eigenvalue weighted by molar-refractivity contribution is 5.99. The summed E-state index contributed by atoms with van der Waals surface area (Å²) in [5.74, 6) is -1.10. The first-order valence-corrected chi connectivity index (χ1v) is 7.73. The molecular weight excluding hydrogens is 322 g/mol. The molecule has 0 N–H and O–H groups in total. The summed E-state index contributed by atoms with van der Waals surface area (Å²) in [5.41, 5.74) is 3.43. The van der Waals surface area contributed by atoms with Crippen molar-refractivity contribution in [1.29, 1.82) is 0 Å². The average Bonchev–Trinajstić information content (AvgIpc) is 2.63. The fourth-order valence-electron chi connectivity index (χ4n) is 3.03. The topological polar surface area (TPSA) is 41.8 Å². The molecule has 0 radical (unpaired) electrons. The Bertz CT molecular complexity index is 980. The maximum Gasteiger partial charge on any atom is 0.295 e. The highest BCUT2D eigenvalue weighted by Crippen LogP contribution is 2.39. The molecule has 0 spiro atoms. The van der Waals surface area contributed by atoms with E-state index < -0.39 is 11.9 Å². The fraction of sp³-hybridized carbons (Fsp3) is 0.0500. The quantitative estimate of drug-likeness (QED) is 0.625. The smallest absolute Gasteiger partial charge is 0.265 e. The van der Waals surface area contributed by atoms with Gasteiger partial charge in [-0.3, -0.25) is 4.79 Å². The van der Waals surface area contributed by atoms with Crippen LogP contribution >= 0.6 is 0 Å². The maximum atomic E-state index is 13.3. The lowest BCUT2D eigenvalue weighted by Crippen LogP contribution is -2.12. The molecule has 0 saturated carbocycles. The number of benzene rings is 3. The number of amides is 1. The van der Waals surface area contributed by atoms with E-state index in [2.05, 4.69) is 10.2 Å². The normalized spacial score (nSPS) is 15.9. The molecule has 3 aromatic carbocycles. The molecule has 1 aliphatic rings. The Morgan fingerprint density at radius 3 is 2.04 bits per heavy atom. The van der Waals surface area contributed by atoms with E-state index in [1.165, 1.54) is 24.3 Å². The standard InChI is InChI=1S/C20H12F2N2O/c21-14-8-4-12(5-9-14)16-2-1-3-17-18(16)19(23-24-20(17)25)13-6-10-15(22)11-7-13/h1-11,19H.